The molecule has 25 heavy (non-hydrogen) atoms. The Morgan fingerprint density at radius 3 is 2.76 bits per heavy atom. The predicted molar refractivity (Wildman–Crippen MR) is 96.9 cm³/mol. The van der Waals surface area contributed by atoms with Crippen molar-refractivity contribution in [1.29, 1.82) is 0 Å². The highest BCUT2D eigenvalue weighted by atomic mass is 16.3. The van der Waals surface area contributed by atoms with Gasteiger partial charge < -0.3 is 9.90 Å². The van der Waals surface area contributed by atoms with Crippen molar-refractivity contribution in [2.45, 2.75) is 77.7 Å². The fourth-order valence-electron chi connectivity index (χ4n) is 7.35. The van der Waals surface area contributed by atoms with E-state index in [4.69, 9.17) is 0 Å². The van der Waals surface area contributed by atoms with E-state index in [0.717, 1.165) is 25.5 Å². The van der Waals surface area contributed by atoms with Crippen molar-refractivity contribution in [2.24, 2.45) is 34.5 Å². The van der Waals surface area contributed by atoms with Crippen LogP contribution in [0.3, 0.4) is 0 Å². The monoisotopic (exact) mass is 344 g/mol. The number of Topliss-reactive ketones (excluding diaryl/α,β-unsaturated/α-hetero) is 1. The molecule has 0 aromatic rings. The number of aliphatic hydroxyl groups excluding tert-OH is 1. The summed E-state index contributed by atoms with van der Waals surface area (Å²) >= 11 is 0. The van der Waals surface area contributed by atoms with E-state index >= 15 is 0 Å². The molecule has 0 spiro atoms. The van der Waals surface area contributed by atoms with Crippen LogP contribution in [0.15, 0.2) is 11.6 Å². The van der Waals surface area contributed by atoms with Crippen LogP contribution >= 0.6 is 0 Å². The molecule has 3 heteroatoms. The molecule has 0 aromatic carbocycles. The molecule has 3 fully saturated rings. The molecule has 3 nitrogen and oxygen atoms in total. The molecule has 0 aromatic heterocycles. The first-order valence-corrected chi connectivity index (χ1v) is 10.3. The minimum Gasteiger partial charge on any atom is -0.392 e. The van der Waals surface area contributed by atoms with E-state index in [0.29, 0.717) is 48.3 Å². The summed E-state index contributed by atoms with van der Waals surface area (Å²) < 4.78 is 0. The van der Waals surface area contributed by atoms with Gasteiger partial charge in [0.1, 0.15) is 12.1 Å². The van der Waals surface area contributed by atoms with Crippen LogP contribution in [0.1, 0.15) is 71.6 Å². The van der Waals surface area contributed by atoms with Gasteiger partial charge in [0.2, 0.25) is 0 Å². The second-order valence-corrected chi connectivity index (χ2v) is 9.59. The van der Waals surface area contributed by atoms with E-state index in [1.807, 2.05) is 0 Å². The lowest BCUT2D eigenvalue weighted by atomic mass is 9.47. The van der Waals surface area contributed by atoms with Crippen molar-refractivity contribution in [3.05, 3.63) is 11.6 Å². The molecule has 0 heterocycles. The summed E-state index contributed by atoms with van der Waals surface area (Å²) in [5.74, 6) is 2.69. The van der Waals surface area contributed by atoms with E-state index in [1.165, 1.54) is 24.8 Å². The lowest BCUT2D eigenvalue weighted by Gasteiger charge is -2.57. The van der Waals surface area contributed by atoms with Gasteiger partial charge in [-0.3, -0.25) is 4.79 Å². The van der Waals surface area contributed by atoms with Gasteiger partial charge in [-0.1, -0.05) is 18.6 Å². The van der Waals surface area contributed by atoms with Crippen LogP contribution < -0.4 is 0 Å². The smallest absolute Gasteiger partial charge is 0.145 e. The van der Waals surface area contributed by atoms with Gasteiger partial charge in [-0.05, 0) is 81.0 Å². The third-order valence-electron chi connectivity index (χ3n) is 8.77. The number of aldehydes is 1. The van der Waals surface area contributed by atoms with Crippen LogP contribution in [0, 0.1) is 34.5 Å². The zero-order chi connectivity index (χ0) is 17.8. The van der Waals surface area contributed by atoms with Crippen LogP contribution in [0.4, 0.5) is 0 Å². The van der Waals surface area contributed by atoms with Crippen LogP contribution in [0.25, 0.3) is 0 Å². The molecule has 4 aliphatic carbocycles. The first-order valence-electron chi connectivity index (χ1n) is 10.3. The molecule has 0 saturated heterocycles. The Labute approximate surface area is 151 Å². The highest BCUT2D eigenvalue weighted by Crippen LogP contribution is 2.66. The van der Waals surface area contributed by atoms with E-state index in [-0.39, 0.29) is 11.2 Å². The number of carbonyl (C=O) groups excluding carboxylic acids is 2. The summed E-state index contributed by atoms with van der Waals surface area (Å²) in [7, 11) is 0. The second kappa shape index (κ2) is 6.04. The first kappa shape index (κ1) is 17.5. The second-order valence-electron chi connectivity index (χ2n) is 9.59. The van der Waals surface area contributed by atoms with Gasteiger partial charge in [0, 0.05) is 12.8 Å². The number of hydrogen-bond donors (Lipinski definition) is 1. The lowest BCUT2D eigenvalue weighted by molar-refractivity contribution is -0.140. The maximum absolute atomic E-state index is 13.0. The predicted octanol–water partition coefficient (Wildman–Crippen LogP) is 4.08. The van der Waals surface area contributed by atoms with Crippen molar-refractivity contribution in [2.75, 3.05) is 0 Å². The van der Waals surface area contributed by atoms with E-state index in [2.05, 4.69) is 19.9 Å². The SMILES string of the molecule is C[C@]12C(=O)CC(O)CC1=CC[C@@H]1[C@@H]2CC[C@]2(C)[C@@H](CCC=O)CC[C@@H]12. The molecule has 4 rings (SSSR count). The minimum atomic E-state index is -0.476. The highest BCUT2D eigenvalue weighted by molar-refractivity contribution is 5.90. The van der Waals surface area contributed by atoms with E-state index in [1.54, 1.807) is 0 Å². The summed E-state index contributed by atoms with van der Waals surface area (Å²) in [4.78, 5) is 23.8. The number of ketones is 1. The molecule has 0 amide bonds. The fourth-order valence-corrected chi connectivity index (χ4v) is 7.35. The van der Waals surface area contributed by atoms with Gasteiger partial charge >= 0.3 is 0 Å². The molecule has 3 saturated carbocycles. The number of aliphatic hydroxyl groups is 1. The van der Waals surface area contributed by atoms with Crippen molar-refractivity contribution in [1.82, 2.24) is 0 Å². The molecule has 0 aliphatic heterocycles. The van der Waals surface area contributed by atoms with Crippen LogP contribution in [-0.4, -0.2) is 23.3 Å². The summed E-state index contributed by atoms with van der Waals surface area (Å²) in [5.41, 5.74) is 1.24. The Balaban J connectivity index is 1.63. The molecule has 0 bridgehead atoms. The largest absolute Gasteiger partial charge is 0.392 e. The average Bonchev–Trinajstić information content (AvgIpc) is 2.91. The maximum atomic E-state index is 13.0. The molecule has 4 aliphatic rings. The van der Waals surface area contributed by atoms with Crippen LogP contribution in [-0.2, 0) is 9.59 Å². The van der Waals surface area contributed by atoms with Gasteiger partial charge in [0.25, 0.3) is 0 Å². The Bertz CT molecular complexity index is 608. The van der Waals surface area contributed by atoms with Gasteiger partial charge in [-0.2, -0.15) is 0 Å². The Hall–Kier alpha value is -0.960. The van der Waals surface area contributed by atoms with Crippen molar-refractivity contribution >= 4 is 12.1 Å². The minimum absolute atomic E-state index is 0.270. The van der Waals surface area contributed by atoms with E-state index < -0.39 is 6.10 Å². The summed E-state index contributed by atoms with van der Waals surface area (Å²) in [6.45, 7) is 4.63. The summed E-state index contributed by atoms with van der Waals surface area (Å²) in [5, 5.41) is 10.0. The van der Waals surface area contributed by atoms with Crippen LogP contribution in [0.2, 0.25) is 0 Å². The number of carbonyl (C=O) groups is 2. The molecular formula is C22H32O3. The standard InChI is InChI=1S/C22H32O3/c1-21-10-9-19-17(18(21)8-6-14(21)4-3-11-23)7-5-15-12-16(24)13-20(25)22(15,19)2/h5,11,14,16-19,24H,3-4,6-10,12-13H2,1-2H3/t14-,16?,17-,18-,19-,21+,22-/m0/s1. The Kier molecular flexibility index (Phi) is 4.22. The van der Waals surface area contributed by atoms with Crippen molar-refractivity contribution in [3.8, 4) is 0 Å². The molecular weight excluding hydrogens is 312 g/mol. The topological polar surface area (TPSA) is 54.4 Å². The average molecular weight is 344 g/mol. The zero-order valence-corrected chi connectivity index (χ0v) is 15.7. The summed E-state index contributed by atoms with van der Waals surface area (Å²) in [6, 6.07) is 0. The Morgan fingerprint density at radius 2 is 2.00 bits per heavy atom. The van der Waals surface area contributed by atoms with Gasteiger partial charge in [-0.25, -0.2) is 0 Å². The molecule has 1 unspecified atom stereocenters. The molecule has 1 N–H and O–H groups in total. The third-order valence-corrected chi connectivity index (χ3v) is 8.77. The van der Waals surface area contributed by atoms with Crippen molar-refractivity contribution < 1.29 is 14.7 Å². The molecule has 138 valence electrons. The zero-order valence-electron chi connectivity index (χ0n) is 15.7. The van der Waals surface area contributed by atoms with Gasteiger partial charge in [-0.15, -0.1) is 0 Å². The number of rotatable bonds is 3. The Morgan fingerprint density at radius 1 is 1.20 bits per heavy atom. The normalized spacial score (nSPS) is 49.0. The number of hydrogen-bond acceptors (Lipinski definition) is 3. The third kappa shape index (κ3) is 2.41. The van der Waals surface area contributed by atoms with Crippen LogP contribution in [0.5, 0.6) is 0 Å². The summed E-state index contributed by atoms with van der Waals surface area (Å²) in [6.07, 6.45) is 11.6. The number of allylic oxidation sites excluding steroid dienone is 1. The number of fused-ring (bicyclic) bond motifs is 5. The van der Waals surface area contributed by atoms with Crippen molar-refractivity contribution in [3.63, 3.8) is 0 Å². The highest BCUT2D eigenvalue weighted by Gasteiger charge is 2.60. The quantitative estimate of drug-likeness (QED) is 0.620. The first-order chi connectivity index (χ1) is 11.9. The van der Waals surface area contributed by atoms with E-state index in [9.17, 15) is 14.7 Å². The lowest BCUT2D eigenvalue weighted by Crippen LogP contribution is -2.54. The molecule has 0 radical (unpaired) electrons. The van der Waals surface area contributed by atoms with Gasteiger partial charge in [0.15, 0.2) is 0 Å². The molecule has 7 atom stereocenters. The van der Waals surface area contributed by atoms with Gasteiger partial charge in [0.05, 0.1) is 11.5 Å². The maximum Gasteiger partial charge on any atom is 0.145 e. The fraction of sp³-hybridized carbons (Fsp3) is 0.818.